The summed E-state index contributed by atoms with van der Waals surface area (Å²) >= 11 is 1.73. The number of rotatable bonds is 7. The Balaban J connectivity index is 2.45. The van der Waals surface area contributed by atoms with E-state index >= 15 is 0 Å². The van der Waals surface area contributed by atoms with Crippen molar-refractivity contribution in [1.29, 1.82) is 0 Å². The summed E-state index contributed by atoms with van der Waals surface area (Å²) in [6, 6.07) is 7.34. The van der Waals surface area contributed by atoms with Crippen LogP contribution in [-0.2, 0) is 0 Å². The second kappa shape index (κ2) is 7.91. The molecule has 1 N–H and O–H groups in total. The van der Waals surface area contributed by atoms with E-state index < -0.39 is 0 Å². The Labute approximate surface area is 121 Å². The van der Waals surface area contributed by atoms with Crippen LogP contribution in [0.15, 0.2) is 29.2 Å². The van der Waals surface area contributed by atoms with E-state index in [1.54, 1.807) is 23.9 Å². The lowest BCUT2D eigenvalue weighted by Gasteiger charge is -2.23. The van der Waals surface area contributed by atoms with E-state index in [4.69, 9.17) is 0 Å². The van der Waals surface area contributed by atoms with E-state index in [2.05, 4.69) is 33.0 Å². The fourth-order valence-electron chi connectivity index (χ4n) is 1.89. The van der Waals surface area contributed by atoms with Crippen LogP contribution in [0.2, 0.25) is 0 Å². The Hall–Kier alpha value is -0.540. The molecule has 0 aliphatic rings. The topological polar surface area (TPSA) is 12.0 Å². The van der Waals surface area contributed by atoms with Gasteiger partial charge in [0.2, 0.25) is 0 Å². The molecule has 19 heavy (non-hydrogen) atoms. The largest absolute Gasteiger partial charge is 0.313 e. The highest BCUT2D eigenvalue weighted by molar-refractivity contribution is 7.99. The molecule has 1 atom stereocenters. The molecule has 0 amide bonds. The first kappa shape index (κ1) is 16.5. The highest BCUT2D eigenvalue weighted by atomic mass is 32.2. The summed E-state index contributed by atoms with van der Waals surface area (Å²) in [6.45, 7) is 9.94. The van der Waals surface area contributed by atoms with Gasteiger partial charge in [0.25, 0.3) is 0 Å². The molecule has 1 rings (SSSR count). The fraction of sp³-hybridized carbons (Fsp3) is 0.625. The second-order valence-corrected chi connectivity index (χ2v) is 7.22. The van der Waals surface area contributed by atoms with Crippen molar-refractivity contribution in [1.82, 2.24) is 5.32 Å². The van der Waals surface area contributed by atoms with Crippen molar-refractivity contribution in [3.05, 3.63) is 30.1 Å². The SMILES string of the molecule is CCNC(CCC(C)(C)C)CSc1cccc(F)c1. The Morgan fingerprint density at radius 1 is 1.32 bits per heavy atom. The van der Waals surface area contributed by atoms with Crippen molar-refractivity contribution in [2.45, 2.75) is 51.5 Å². The van der Waals surface area contributed by atoms with Crippen molar-refractivity contribution < 1.29 is 4.39 Å². The smallest absolute Gasteiger partial charge is 0.124 e. The quantitative estimate of drug-likeness (QED) is 0.727. The van der Waals surface area contributed by atoms with E-state index in [1.165, 1.54) is 18.9 Å². The van der Waals surface area contributed by atoms with Crippen LogP contribution in [0.5, 0.6) is 0 Å². The third-order valence-electron chi connectivity index (χ3n) is 2.98. The zero-order chi connectivity index (χ0) is 14.3. The van der Waals surface area contributed by atoms with Gasteiger partial charge in [0.15, 0.2) is 0 Å². The van der Waals surface area contributed by atoms with Gasteiger partial charge < -0.3 is 5.32 Å². The Bertz CT molecular complexity index is 373. The van der Waals surface area contributed by atoms with Crippen LogP contribution in [0.3, 0.4) is 0 Å². The summed E-state index contributed by atoms with van der Waals surface area (Å²) in [6.07, 6.45) is 2.37. The molecule has 0 radical (unpaired) electrons. The summed E-state index contributed by atoms with van der Waals surface area (Å²) in [5.41, 5.74) is 0.372. The lowest BCUT2D eigenvalue weighted by Crippen LogP contribution is -2.32. The molecule has 108 valence electrons. The van der Waals surface area contributed by atoms with Crippen molar-refractivity contribution in [3.8, 4) is 0 Å². The predicted octanol–water partition coefficient (Wildman–Crippen LogP) is 4.72. The summed E-state index contributed by atoms with van der Waals surface area (Å²) < 4.78 is 13.1. The van der Waals surface area contributed by atoms with Gasteiger partial charge in [0.05, 0.1) is 0 Å². The molecule has 1 aromatic rings. The lowest BCUT2D eigenvalue weighted by atomic mass is 9.89. The van der Waals surface area contributed by atoms with Gasteiger partial charge in [-0.05, 0) is 43.0 Å². The Morgan fingerprint density at radius 2 is 2.05 bits per heavy atom. The minimum Gasteiger partial charge on any atom is -0.313 e. The maximum atomic E-state index is 13.1. The van der Waals surface area contributed by atoms with E-state index in [9.17, 15) is 4.39 Å². The van der Waals surface area contributed by atoms with Crippen molar-refractivity contribution in [2.75, 3.05) is 12.3 Å². The molecule has 1 aromatic carbocycles. The molecule has 0 aliphatic heterocycles. The fourth-order valence-corrected chi connectivity index (χ4v) is 2.94. The molecule has 0 heterocycles. The maximum absolute atomic E-state index is 13.1. The van der Waals surface area contributed by atoms with Crippen LogP contribution in [0.1, 0.15) is 40.5 Å². The zero-order valence-corrected chi connectivity index (χ0v) is 13.3. The maximum Gasteiger partial charge on any atom is 0.124 e. The predicted molar refractivity (Wildman–Crippen MR) is 83.3 cm³/mol. The zero-order valence-electron chi connectivity index (χ0n) is 12.5. The first-order valence-electron chi connectivity index (χ1n) is 7.02. The van der Waals surface area contributed by atoms with Crippen LogP contribution in [0, 0.1) is 11.2 Å². The van der Waals surface area contributed by atoms with Crippen molar-refractivity contribution >= 4 is 11.8 Å². The number of nitrogens with one attached hydrogen (secondary N) is 1. The third-order valence-corrected chi connectivity index (χ3v) is 4.14. The first-order chi connectivity index (χ1) is 8.90. The molecule has 1 unspecified atom stereocenters. The molecule has 0 saturated heterocycles. The summed E-state index contributed by atoms with van der Waals surface area (Å²) in [5.74, 6) is 0.840. The standard InChI is InChI=1S/C16H26FNS/c1-5-18-14(9-10-16(2,3)4)12-19-15-8-6-7-13(17)11-15/h6-8,11,14,18H,5,9-10,12H2,1-4H3. The minimum atomic E-state index is -0.153. The highest BCUT2D eigenvalue weighted by Gasteiger charge is 2.15. The monoisotopic (exact) mass is 283 g/mol. The number of thioether (sulfide) groups is 1. The average molecular weight is 283 g/mol. The van der Waals surface area contributed by atoms with Crippen LogP contribution in [-0.4, -0.2) is 18.3 Å². The van der Waals surface area contributed by atoms with Crippen LogP contribution >= 0.6 is 11.8 Å². The van der Waals surface area contributed by atoms with E-state index in [0.29, 0.717) is 11.5 Å². The number of halogens is 1. The number of benzene rings is 1. The van der Waals surface area contributed by atoms with Gasteiger partial charge in [-0.2, -0.15) is 0 Å². The highest BCUT2D eigenvalue weighted by Crippen LogP contribution is 2.25. The Kier molecular flexibility index (Phi) is 6.87. The van der Waals surface area contributed by atoms with Gasteiger partial charge in [0, 0.05) is 16.7 Å². The summed E-state index contributed by atoms with van der Waals surface area (Å²) in [7, 11) is 0. The average Bonchev–Trinajstić information content (AvgIpc) is 2.32. The molecule has 1 nitrogen and oxygen atoms in total. The molecule has 0 aliphatic carbocycles. The van der Waals surface area contributed by atoms with Crippen molar-refractivity contribution in [3.63, 3.8) is 0 Å². The van der Waals surface area contributed by atoms with Gasteiger partial charge in [-0.25, -0.2) is 4.39 Å². The van der Waals surface area contributed by atoms with Gasteiger partial charge >= 0.3 is 0 Å². The second-order valence-electron chi connectivity index (χ2n) is 6.12. The molecular weight excluding hydrogens is 257 g/mol. The molecule has 3 heteroatoms. The van der Waals surface area contributed by atoms with Crippen LogP contribution < -0.4 is 5.32 Å². The minimum absolute atomic E-state index is 0.153. The van der Waals surface area contributed by atoms with Crippen LogP contribution in [0.25, 0.3) is 0 Å². The number of hydrogen-bond acceptors (Lipinski definition) is 2. The van der Waals surface area contributed by atoms with Gasteiger partial charge in [-0.1, -0.05) is 33.8 Å². The normalized spacial score (nSPS) is 13.5. The molecule has 0 spiro atoms. The van der Waals surface area contributed by atoms with Gasteiger partial charge in [0.1, 0.15) is 5.82 Å². The summed E-state index contributed by atoms with van der Waals surface area (Å²) in [5, 5.41) is 3.53. The number of hydrogen-bond donors (Lipinski definition) is 1. The lowest BCUT2D eigenvalue weighted by molar-refractivity contribution is 0.340. The molecule has 0 bridgehead atoms. The van der Waals surface area contributed by atoms with Crippen molar-refractivity contribution in [2.24, 2.45) is 5.41 Å². The van der Waals surface area contributed by atoms with E-state index in [-0.39, 0.29) is 5.82 Å². The molecule has 0 aromatic heterocycles. The molecular formula is C16H26FNS. The Morgan fingerprint density at radius 3 is 2.63 bits per heavy atom. The first-order valence-corrected chi connectivity index (χ1v) is 8.01. The molecule has 0 fully saturated rings. The molecule has 0 saturated carbocycles. The summed E-state index contributed by atoms with van der Waals surface area (Å²) in [4.78, 5) is 1.01. The van der Waals surface area contributed by atoms with Crippen LogP contribution in [0.4, 0.5) is 4.39 Å². The van der Waals surface area contributed by atoms with E-state index in [0.717, 1.165) is 17.2 Å². The van der Waals surface area contributed by atoms with Gasteiger partial charge in [-0.15, -0.1) is 11.8 Å². The third kappa shape index (κ3) is 7.58. The van der Waals surface area contributed by atoms with Gasteiger partial charge in [-0.3, -0.25) is 0 Å². The van der Waals surface area contributed by atoms with E-state index in [1.807, 2.05) is 6.07 Å².